The standard InChI is InChI=1S/C8H15F3OS/c1-4-6(13-3)5-7(2,12)8(9,10)11/h6,12H,4-5H2,1-3H3/t6-,7?/m0/s1. The molecule has 2 atom stereocenters. The van der Waals surface area contributed by atoms with Crippen molar-refractivity contribution in [2.24, 2.45) is 0 Å². The summed E-state index contributed by atoms with van der Waals surface area (Å²) in [5.41, 5.74) is -2.56. The second-order valence-electron chi connectivity index (χ2n) is 3.24. The molecule has 0 bridgehead atoms. The number of hydrogen-bond acceptors (Lipinski definition) is 2. The zero-order valence-corrected chi connectivity index (χ0v) is 8.80. The summed E-state index contributed by atoms with van der Waals surface area (Å²) < 4.78 is 36.6. The highest BCUT2D eigenvalue weighted by molar-refractivity contribution is 7.99. The Morgan fingerprint density at radius 1 is 1.38 bits per heavy atom. The second kappa shape index (κ2) is 4.55. The summed E-state index contributed by atoms with van der Waals surface area (Å²) in [6.07, 6.45) is -2.39. The largest absolute Gasteiger partial charge is 0.416 e. The van der Waals surface area contributed by atoms with Crippen LogP contribution in [0.3, 0.4) is 0 Å². The summed E-state index contributed by atoms with van der Waals surface area (Å²) in [5.74, 6) is 0. The summed E-state index contributed by atoms with van der Waals surface area (Å²) in [5, 5.41) is 9.00. The molecule has 13 heavy (non-hydrogen) atoms. The highest BCUT2D eigenvalue weighted by Gasteiger charge is 2.50. The predicted molar refractivity (Wildman–Crippen MR) is 48.9 cm³/mol. The van der Waals surface area contributed by atoms with Gasteiger partial charge in [0.15, 0.2) is 5.60 Å². The third-order valence-electron chi connectivity index (χ3n) is 2.02. The predicted octanol–water partition coefficient (Wildman–Crippen LogP) is 2.83. The fourth-order valence-electron chi connectivity index (χ4n) is 0.953. The average Bonchev–Trinajstić information content (AvgIpc) is 1.98. The monoisotopic (exact) mass is 216 g/mol. The molecule has 0 fully saturated rings. The van der Waals surface area contributed by atoms with Gasteiger partial charge in [0.25, 0.3) is 0 Å². The molecular formula is C8H15F3OS. The molecule has 0 spiro atoms. The number of rotatable bonds is 4. The van der Waals surface area contributed by atoms with E-state index in [1.54, 1.807) is 6.26 Å². The first-order valence-corrected chi connectivity index (χ1v) is 5.35. The van der Waals surface area contributed by atoms with Gasteiger partial charge in [-0.1, -0.05) is 6.92 Å². The van der Waals surface area contributed by atoms with Crippen molar-refractivity contribution in [1.82, 2.24) is 0 Å². The van der Waals surface area contributed by atoms with Crippen molar-refractivity contribution < 1.29 is 18.3 Å². The molecule has 0 aliphatic heterocycles. The van der Waals surface area contributed by atoms with E-state index in [1.807, 2.05) is 6.92 Å². The maximum absolute atomic E-state index is 12.2. The first-order valence-electron chi connectivity index (χ1n) is 4.06. The lowest BCUT2D eigenvalue weighted by molar-refractivity contribution is -0.254. The Kier molecular flexibility index (Phi) is 4.59. The highest BCUT2D eigenvalue weighted by Crippen LogP contribution is 2.36. The van der Waals surface area contributed by atoms with Crippen LogP contribution in [-0.4, -0.2) is 28.4 Å². The quantitative estimate of drug-likeness (QED) is 0.779. The van der Waals surface area contributed by atoms with Crippen LogP contribution in [0, 0.1) is 0 Å². The molecule has 0 aliphatic carbocycles. The highest BCUT2D eigenvalue weighted by atomic mass is 32.2. The van der Waals surface area contributed by atoms with Gasteiger partial charge in [-0.05, 0) is 26.0 Å². The van der Waals surface area contributed by atoms with E-state index < -0.39 is 11.8 Å². The van der Waals surface area contributed by atoms with Gasteiger partial charge in [0.1, 0.15) is 0 Å². The van der Waals surface area contributed by atoms with Gasteiger partial charge in [-0.3, -0.25) is 0 Å². The topological polar surface area (TPSA) is 20.2 Å². The Hall–Kier alpha value is 0.100. The lowest BCUT2D eigenvalue weighted by Gasteiger charge is -2.29. The van der Waals surface area contributed by atoms with Crippen molar-refractivity contribution in [2.75, 3.05) is 6.26 Å². The summed E-state index contributed by atoms with van der Waals surface area (Å²) in [4.78, 5) is 0. The number of thioether (sulfide) groups is 1. The fraction of sp³-hybridized carbons (Fsp3) is 1.00. The van der Waals surface area contributed by atoms with Gasteiger partial charge in [0, 0.05) is 5.25 Å². The van der Waals surface area contributed by atoms with Crippen LogP contribution in [-0.2, 0) is 0 Å². The van der Waals surface area contributed by atoms with E-state index in [-0.39, 0.29) is 11.7 Å². The first kappa shape index (κ1) is 13.1. The Bertz CT molecular complexity index is 152. The summed E-state index contributed by atoms with van der Waals surface area (Å²) in [7, 11) is 0. The molecule has 0 aromatic rings. The Morgan fingerprint density at radius 3 is 2.08 bits per heavy atom. The Morgan fingerprint density at radius 2 is 1.85 bits per heavy atom. The van der Waals surface area contributed by atoms with E-state index in [0.717, 1.165) is 6.92 Å². The van der Waals surface area contributed by atoms with Crippen molar-refractivity contribution in [2.45, 2.75) is 43.7 Å². The van der Waals surface area contributed by atoms with Crippen LogP contribution in [0.15, 0.2) is 0 Å². The van der Waals surface area contributed by atoms with Crippen LogP contribution < -0.4 is 0 Å². The minimum Gasteiger partial charge on any atom is -0.381 e. The van der Waals surface area contributed by atoms with Gasteiger partial charge < -0.3 is 5.11 Å². The molecule has 0 radical (unpaired) electrons. The smallest absolute Gasteiger partial charge is 0.381 e. The van der Waals surface area contributed by atoms with Gasteiger partial charge in [0.2, 0.25) is 0 Å². The van der Waals surface area contributed by atoms with Gasteiger partial charge in [-0.25, -0.2) is 0 Å². The van der Waals surface area contributed by atoms with Crippen molar-refractivity contribution >= 4 is 11.8 Å². The lowest BCUT2D eigenvalue weighted by atomic mass is 9.98. The maximum atomic E-state index is 12.2. The van der Waals surface area contributed by atoms with E-state index >= 15 is 0 Å². The van der Waals surface area contributed by atoms with Crippen molar-refractivity contribution in [3.05, 3.63) is 0 Å². The molecule has 1 unspecified atom stereocenters. The van der Waals surface area contributed by atoms with Gasteiger partial charge in [-0.15, -0.1) is 0 Å². The SMILES string of the molecule is CC[C@@H](CC(C)(O)C(F)(F)F)SC. The van der Waals surface area contributed by atoms with E-state index in [0.29, 0.717) is 6.42 Å². The van der Waals surface area contributed by atoms with Crippen LogP contribution >= 0.6 is 11.8 Å². The van der Waals surface area contributed by atoms with Crippen molar-refractivity contribution in [3.8, 4) is 0 Å². The lowest BCUT2D eigenvalue weighted by Crippen LogP contribution is -2.44. The normalized spacial score (nSPS) is 19.6. The summed E-state index contributed by atoms with van der Waals surface area (Å²) in [6.45, 7) is 2.64. The fourth-order valence-corrected chi connectivity index (χ4v) is 1.78. The minimum atomic E-state index is -4.53. The molecule has 80 valence electrons. The second-order valence-corrected chi connectivity index (χ2v) is 4.38. The maximum Gasteiger partial charge on any atom is 0.416 e. The minimum absolute atomic E-state index is 0.142. The molecule has 0 saturated carbocycles. The van der Waals surface area contributed by atoms with Gasteiger partial charge >= 0.3 is 6.18 Å². The third-order valence-corrected chi connectivity index (χ3v) is 3.19. The first-order chi connectivity index (χ1) is 5.74. The van der Waals surface area contributed by atoms with Crippen LogP contribution in [0.5, 0.6) is 0 Å². The molecule has 0 aromatic heterocycles. The summed E-state index contributed by atoms with van der Waals surface area (Å²) in [6, 6.07) is 0. The Labute approximate surface area is 80.7 Å². The van der Waals surface area contributed by atoms with E-state index in [9.17, 15) is 13.2 Å². The van der Waals surface area contributed by atoms with Crippen molar-refractivity contribution in [3.63, 3.8) is 0 Å². The van der Waals surface area contributed by atoms with Gasteiger partial charge in [-0.2, -0.15) is 24.9 Å². The molecule has 0 rings (SSSR count). The molecule has 0 heterocycles. The number of halogens is 3. The number of hydrogen-bond donors (Lipinski definition) is 1. The molecule has 1 nitrogen and oxygen atoms in total. The van der Waals surface area contributed by atoms with Crippen molar-refractivity contribution in [1.29, 1.82) is 0 Å². The third kappa shape index (κ3) is 3.77. The molecule has 1 N–H and O–H groups in total. The summed E-state index contributed by atoms with van der Waals surface area (Å²) >= 11 is 1.35. The molecular weight excluding hydrogens is 201 g/mol. The van der Waals surface area contributed by atoms with Crippen LogP contribution in [0.25, 0.3) is 0 Å². The van der Waals surface area contributed by atoms with Crippen LogP contribution in [0.4, 0.5) is 13.2 Å². The Balaban J connectivity index is 4.31. The number of alkyl halides is 3. The van der Waals surface area contributed by atoms with Crippen LogP contribution in [0.1, 0.15) is 26.7 Å². The van der Waals surface area contributed by atoms with E-state index in [1.165, 1.54) is 11.8 Å². The van der Waals surface area contributed by atoms with Crippen LogP contribution in [0.2, 0.25) is 0 Å². The zero-order chi connectivity index (χ0) is 10.7. The molecule has 0 amide bonds. The van der Waals surface area contributed by atoms with E-state index in [2.05, 4.69) is 0 Å². The number of aliphatic hydroxyl groups is 1. The molecule has 0 saturated heterocycles. The molecule has 0 aromatic carbocycles. The zero-order valence-electron chi connectivity index (χ0n) is 7.98. The average molecular weight is 216 g/mol. The molecule has 5 heteroatoms. The van der Waals surface area contributed by atoms with E-state index in [4.69, 9.17) is 5.11 Å². The van der Waals surface area contributed by atoms with Gasteiger partial charge in [0.05, 0.1) is 0 Å². The molecule has 0 aliphatic rings.